The van der Waals surface area contributed by atoms with Crippen LogP contribution in [0.25, 0.3) is 0 Å². The van der Waals surface area contributed by atoms with E-state index in [9.17, 15) is 0 Å². The molecule has 92 valence electrons. The summed E-state index contributed by atoms with van der Waals surface area (Å²) in [6, 6.07) is 8.58. The first-order valence-electron chi connectivity index (χ1n) is 6.34. The molecule has 1 aromatic carbocycles. The van der Waals surface area contributed by atoms with Crippen molar-refractivity contribution < 1.29 is 0 Å². The molecule has 2 heteroatoms. The first kappa shape index (κ1) is 13.4. The third-order valence-corrected chi connectivity index (χ3v) is 2.82. The smallest absolute Gasteiger partial charge is 0.0367 e. The Morgan fingerprint density at radius 2 is 1.82 bits per heavy atom. The van der Waals surface area contributed by atoms with Gasteiger partial charge in [-0.2, -0.15) is 0 Å². The molecule has 0 fully saturated rings. The van der Waals surface area contributed by atoms with Crippen LogP contribution < -0.4 is 10.2 Å². The number of benzene rings is 1. The van der Waals surface area contributed by atoms with E-state index in [0.717, 1.165) is 38.2 Å². The maximum absolute atomic E-state index is 5.21. The van der Waals surface area contributed by atoms with Gasteiger partial charge in [0.05, 0.1) is 0 Å². The topological polar surface area (TPSA) is 15.3 Å². The summed E-state index contributed by atoms with van der Waals surface area (Å²) in [7, 11) is 0. The number of hydrogen-bond acceptors (Lipinski definition) is 2. The highest BCUT2D eigenvalue weighted by molar-refractivity contribution is 5.54. The van der Waals surface area contributed by atoms with Gasteiger partial charge in [-0.3, -0.25) is 0 Å². The molecule has 1 rings (SSSR count). The summed E-state index contributed by atoms with van der Waals surface area (Å²) in [5.41, 5.74) is 2.45. The molecule has 0 heterocycles. The van der Waals surface area contributed by atoms with Crippen molar-refractivity contribution in [1.29, 1.82) is 0 Å². The van der Waals surface area contributed by atoms with E-state index in [1.807, 2.05) is 0 Å². The molecule has 1 aromatic rings. The van der Waals surface area contributed by atoms with Crippen molar-refractivity contribution >= 4 is 11.4 Å². The van der Waals surface area contributed by atoms with Crippen molar-refractivity contribution in [2.45, 2.75) is 26.7 Å². The fourth-order valence-corrected chi connectivity index (χ4v) is 1.80. The van der Waals surface area contributed by atoms with Gasteiger partial charge in [0.25, 0.3) is 0 Å². The monoisotopic (exact) mass is 230 g/mol. The Kier molecular flexibility index (Phi) is 6.03. The van der Waals surface area contributed by atoms with Gasteiger partial charge in [0.1, 0.15) is 0 Å². The first-order valence-corrected chi connectivity index (χ1v) is 6.34. The number of rotatable bonds is 7. The van der Waals surface area contributed by atoms with Crippen molar-refractivity contribution in [2.75, 3.05) is 29.9 Å². The molecule has 1 N–H and O–H groups in total. The molecule has 0 aliphatic rings. The van der Waals surface area contributed by atoms with Crippen molar-refractivity contribution in [3.05, 3.63) is 24.3 Å². The Morgan fingerprint density at radius 1 is 1.18 bits per heavy atom. The summed E-state index contributed by atoms with van der Waals surface area (Å²) in [5, 5.41) is 3.37. The van der Waals surface area contributed by atoms with E-state index >= 15 is 0 Å². The van der Waals surface area contributed by atoms with Crippen LogP contribution >= 0.6 is 0 Å². The van der Waals surface area contributed by atoms with E-state index in [1.54, 1.807) is 0 Å². The molecule has 0 unspecified atom stereocenters. The van der Waals surface area contributed by atoms with Crippen LogP contribution in [0, 0.1) is 12.3 Å². The van der Waals surface area contributed by atoms with Crippen molar-refractivity contribution in [2.24, 2.45) is 0 Å². The summed E-state index contributed by atoms with van der Waals surface area (Å²) >= 11 is 0. The lowest BCUT2D eigenvalue weighted by Gasteiger charge is -2.21. The van der Waals surface area contributed by atoms with Gasteiger partial charge >= 0.3 is 0 Å². The molecule has 0 atom stereocenters. The second kappa shape index (κ2) is 7.62. The molecule has 0 spiro atoms. The van der Waals surface area contributed by atoms with Gasteiger partial charge in [0, 0.05) is 37.4 Å². The van der Waals surface area contributed by atoms with E-state index < -0.39 is 0 Å². The average molecular weight is 230 g/mol. The maximum atomic E-state index is 5.21. The van der Waals surface area contributed by atoms with E-state index in [2.05, 4.69) is 54.3 Å². The number of hydrogen-bond donors (Lipinski definition) is 1. The van der Waals surface area contributed by atoms with Crippen molar-refractivity contribution in [3.8, 4) is 12.3 Å². The zero-order valence-corrected chi connectivity index (χ0v) is 10.9. The number of unbranched alkanes of at least 4 members (excludes halogenated alkanes) is 1. The van der Waals surface area contributed by atoms with E-state index in [1.165, 1.54) is 5.69 Å². The minimum atomic E-state index is 0.838. The molecule has 0 saturated carbocycles. The lowest BCUT2D eigenvalue weighted by Crippen LogP contribution is -2.21. The van der Waals surface area contributed by atoms with Gasteiger partial charge in [-0.05, 0) is 44.5 Å². The van der Waals surface area contributed by atoms with Crippen LogP contribution in [0.15, 0.2) is 24.3 Å². The minimum Gasteiger partial charge on any atom is -0.385 e. The second-order valence-electron chi connectivity index (χ2n) is 3.95. The Balaban J connectivity index is 2.47. The Morgan fingerprint density at radius 3 is 2.35 bits per heavy atom. The van der Waals surface area contributed by atoms with Crippen LogP contribution in [0.2, 0.25) is 0 Å². The molecule has 0 saturated heterocycles. The Labute approximate surface area is 105 Å². The molecular weight excluding hydrogens is 208 g/mol. The molecule has 0 radical (unpaired) electrons. The standard InChI is InChI=1S/C15H22N2/c1-4-7-8-13-16-14-9-11-15(12-10-14)17(5-2)6-3/h1,9-12,16H,5-8,13H2,2-3H3. The van der Waals surface area contributed by atoms with Gasteiger partial charge in [0.15, 0.2) is 0 Å². The van der Waals surface area contributed by atoms with Gasteiger partial charge in [0.2, 0.25) is 0 Å². The van der Waals surface area contributed by atoms with Gasteiger partial charge in [-0.1, -0.05) is 0 Å². The fraction of sp³-hybridized carbons (Fsp3) is 0.467. The number of terminal acetylenes is 1. The highest BCUT2D eigenvalue weighted by Gasteiger charge is 2.00. The molecule has 0 bridgehead atoms. The summed E-state index contributed by atoms with van der Waals surface area (Å²) in [4.78, 5) is 2.34. The SMILES string of the molecule is C#CCCCNc1ccc(N(CC)CC)cc1. The quantitative estimate of drug-likeness (QED) is 0.571. The summed E-state index contributed by atoms with van der Waals surface area (Å²) in [5.74, 6) is 2.65. The summed E-state index contributed by atoms with van der Waals surface area (Å²) < 4.78 is 0. The maximum Gasteiger partial charge on any atom is 0.0367 e. The summed E-state index contributed by atoms with van der Waals surface area (Å²) in [6.45, 7) is 7.39. The van der Waals surface area contributed by atoms with Crippen LogP contribution in [0.3, 0.4) is 0 Å². The lowest BCUT2D eigenvalue weighted by atomic mass is 10.2. The van der Waals surface area contributed by atoms with Crippen LogP contribution in [-0.4, -0.2) is 19.6 Å². The average Bonchev–Trinajstić information content (AvgIpc) is 2.38. The number of nitrogens with zero attached hydrogens (tertiary/aromatic N) is 1. The largest absolute Gasteiger partial charge is 0.385 e. The molecule has 0 aliphatic heterocycles. The van der Waals surface area contributed by atoms with Gasteiger partial charge in [-0.25, -0.2) is 0 Å². The molecule has 17 heavy (non-hydrogen) atoms. The van der Waals surface area contributed by atoms with Gasteiger partial charge in [-0.15, -0.1) is 12.3 Å². The normalized spacial score (nSPS) is 9.71. The van der Waals surface area contributed by atoms with Crippen molar-refractivity contribution in [3.63, 3.8) is 0 Å². The van der Waals surface area contributed by atoms with E-state index in [0.29, 0.717) is 0 Å². The minimum absolute atomic E-state index is 0.838. The predicted octanol–water partition coefficient (Wildman–Crippen LogP) is 3.36. The van der Waals surface area contributed by atoms with Crippen LogP contribution in [0.4, 0.5) is 11.4 Å². The first-order chi connectivity index (χ1) is 8.31. The van der Waals surface area contributed by atoms with Crippen LogP contribution in [-0.2, 0) is 0 Å². The zero-order chi connectivity index (χ0) is 12.5. The van der Waals surface area contributed by atoms with Crippen molar-refractivity contribution in [1.82, 2.24) is 0 Å². The molecule has 0 aromatic heterocycles. The highest BCUT2D eigenvalue weighted by Crippen LogP contribution is 2.17. The fourth-order valence-electron chi connectivity index (χ4n) is 1.80. The molecule has 0 aliphatic carbocycles. The predicted molar refractivity (Wildman–Crippen MR) is 76.6 cm³/mol. The molecule has 2 nitrogen and oxygen atoms in total. The van der Waals surface area contributed by atoms with E-state index in [4.69, 9.17) is 6.42 Å². The van der Waals surface area contributed by atoms with E-state index in [-0.39, 0.29) is 0 Å². The highest BCUT2D eigenvalue weighted by atomic mass is 15.1. The summed E-state index contributed by atoms with van der Waals surface area (Å²) in [6.07, 6.45) is 7.07. The van der Waals surface area contributed by atoms with Gasteiger partial charge < -0.3 is 10.2 Å². The number of anilines is 2. The lowest BCUT2D eigenvalue weighted by molar-refractivity contribution is 0.866. The zero-order valence-electron chi connectivity index (χ0n) is 10.9. The third-order valence-electron chi connectivity index (χ3n) is 2.82. The second-order valence-corrected chi connectivity index (χ2v) is 3.95. The third kappa shape index (κ3) is 4.40. The van der Waals surface area contributed by atoms with Crippen LogP contribution in [0.5, 0.6) is 0 Å². The Bertz CT molecular complexity index is 344. The van der Waals surface area contributed by atoms with Crippen LogP contribution in [0.1, 0.15) is 26.7 Å². The molecule has 0 amide bonds. The Hall–Kier alpha value is -1.62. The molecular formula is C15H22N2. The number of nitrogens with one attached hydrogen (secondary N) is 1.